The van der Waals surface area contributed by atoms with Gasteiger partial charge in [0.2, 0.25) is 0 Å². The average Bonchev–Trinajstić information content (AvgIpc) is 2.47. The van der Waals surface area contributed by atoms with Crippen LogP contribution in [0.1, 0.15) is 17.2 Å². The van der Waals surface area contributed by atoms with E-state index in [1.165, 1.54) is 23.3 Å². The minimum absolute atomic E-state index is 0.0486. The van der Waals surface area contributed by atoms with Crippen LogP contribution < -0.4 is 5.32 Å². The first-order valence-electron chi connectivity index (χ1n) is 6.51. The Morgan fingerprint density at radius 1 is 1.29 bits per heavy atom. The number of rotatable bonds is 3. The summed E-state index contributed by atoms with van der Waals surface area (Å²) in [6, 6.07) is 12.8. The molecule has 21 heavy (non-hydrogen) atoms. The molecule has 1 aliphatic heterocycles. The molecule has 0 saturated heterocycles. The maximum atomic E-state index is 11.1. The Morgan fingerprint density at radius 2 is 2.10 bits per heavy atom. The number of thioether (sulfide) groups is 1. The number of nitrogens with zero attached hydrogens (tertiary/aromatic N) is 1. The second-order valence-corrected chi connectivity index (χ2v) is 6.30. The van der Waals surface area contributed by atoms with E-state index in [-0.39, 0.29) is 16.7 Å². The van der Waals surface area contributed by atoms with Gasteiger partial charge in [0, 0.05) is 22.6 Å². The quantitative estimate of drug-likeness (QED) is 0.660. The molecule has 3 rings (SSSR count). The minimum atomic E-state index is -0.388. The lowest BCUT2D eigenvalue weighted by Crippen LogP contribution is -2.19. The van der Waals surface area contributed by atoms with E-state index in [0.717, 1.165) is 11.5 Å². The highest BCUT2D eigenvalue weighted by Crippen LogP contribution is 2.36. The summed E-state index contributed by atoms with van der Waals surface area (Å²) in [4.78, 5) is 10.7. The van der Waals surface area contributed by atoms with Crippen molar-refractivity contribution in [3.05, 3.63) is 68.7 Å². The highest BCUT2D eigenvalue weighted by atomic mass is 35.5. The maximum absolute atomic E-state index is 11.1. The molecule has 0 saturated carbocycles. The summed E-state index contributed by atoms with van der Waals surface area (Å²) < 4.78 is 0. The van der Waals surface area contributed by atoms with Crippen LogP contribution in [0, 0.1) is 10.1 Å². The number of nitrogens with one attached hydrogen (secondary N) is 1. The molecule has 1 heterocycles. The zero-order valence-corrected chi connectivity index (χ0v) is 12.7. The number of benzene rings is 2. The van der Waals surface area contributed by atoms with Crippen LogP contribution in [0.5, 0.6) is 0 Å². The number of hydrogen-bond donors (Lipinski definition) is 1. The summed E-state index contributed by atoms with van der Waals surface area (Å²) in [5.41, 5.74) is 2.99. The fourth-order valence-electron chi connectivity index (χ4n) is 2.47. The van der Waals surface area contributed by atoms with Gasteiger partial charge in [-0.25, -0.2) is 0 Å². The molecular weight excluding hydrogens is 308 g/mol. The lowest BCUT2D eigenvalue weighted by atomic mass is 10.0. The van der Waals surface area contributed by atoms with Gasteiger partial charge >= 0.3 is 0 Å². The first kappa shape index (κ1) is 14.2. The number of anilines is 1. The highest BCUT2D eigenvalue weighted by Gasteiger charge is 2.23. The lowest BCUT2D eigenvalue weighted by molar-refractivity contribution is -0.384. The Bertz CT molecular complexity index is 693. The molecule has 108 valence electrons. The second kappa shape index (κ2) is 5.95. The van der Waals surface area contributed by atoms with E-state index in [2.05, 4.69) is 17.4 Å². The van der Waals surface area contributed by atoms with E-state index >= 15 is 0 Å². The van der Waals surface area contributed by atoms with Crippen molar-refractivity contribution in [1.29, 1.82) is 0 Å². The molecule has 6 heteroatoms. The zero-order chi connectivity index (χ0) is 14.8. The topological polar surface area (TPSA) is 55.2 Å². The zero-order valence-electron chi connectivity index (χ0n) is 11.1. The van der Waals surface area contributed by atoms with E-state index in [1.807, 2.05) is 23.9 Å². The summed E-state index contributed by atoms with van der Waals surface area (Å²) in [7, 11) is 0. The Hall–Kier alpha value is -1.72. The van der Waals surface area contributed by atoms with E-state index in [0.29, 0.717) is 10.7 Å². The van der Waals surface area contributed by atoms with Gasteiger partial charge in [-0.05, 0) is 23.3 Å². The van der Waals surface area contributed by atoms with Crippen LogP contribution in [0.4, 0.5) is 11.4 Å². The van der Waals surface area contributed by atoms with Gasteiger partial charge in [-0.1, -0.05) is 35.9 Å². The monoisotopic (exact) mass is 320 g/mol. The van der Waals surface area contributed by atoms with Crippen molar-refractivity contribution in [1.82, 2.24) is 0 Å². The van der Waals surface area contributed by atoms with Gasteiger partial charge in [-0.3, -0.25) is 10.1 Å². The molecule has 0 amide bonds. The fourth-order valence-corrected chi connectivity index (χ4v) is 3.74. The van der Waals surface area contributed by atoms with Crippen molar-refractivity contribution in [2.24, 2.45) is 0 Å². The van der Waals surface area contributed by atoms with Gasteiger partial charge in [0.15, 0.2) is 0 Å². The summed E-state index contributed by atoms with van der Waals surface area (Å²) in [6.07, 6.45) is 0. The molecule has 0 fully saturated rings. The molecule has 2 aromatic rings. The standard InChI is InChI=1S/C15H13ClN2O2S/c16-11-5-6-15(18(19)20)13(7-11)17-14-9-21-8-10-3-1-2-4-12(10)14/h1-7,14,17H,8-9H2. The summed E-state index contributed by atoms with van der Waals surface area (Å²) in [5.74, 6) is 1.85. The van der Waals surface area contributed by atoms with E-state index in [1.54, 1.807) is 6.07 Å². The van der Waals surface area contributed by atoms with Crippen LogP contribution in [0.25, 0.3) is 0 Å². The second-order valence-electron chi connectivity index (χ2n) is 4.83. The third-order valence-corrected chi connectivity index (χ3v) is 4.78. The first-order valence-corrected chi connectivity index (χ1v) is 8.04. The summed E-state index contributed by atoms with van der Waals surface area (Å²) in [6.45, 7) is 0. The molecule has 0 aliphatic carbocycles. The normalized spacial score (nSPS) is 17.1. The predicted molar refractivity (Wildman–Crippen MR) is 87.1 cm³/mol. The fraction of sp³-hybridized carbons (Fsp3) is 0.200. The molecule has 1 unspecified atom stereocenters. The largest absolute Gasteiger partial charge is 0.372 e. The number of nitro groups is 1. The highest BCUT2D eigenvalue weighted by molar-refractivity contribution is 7.98. The van der Waals surface area contributed by atoms with E-state index < -0.39 is 0 Å². The Morgan fingerprint density at radius 3 is 2.90 bits per heavy atom. The molecule has 1 atom stereocenters. The smallest absolute Gasteiger partial charge is 0.292 e. The van der Waals surface area contributed by atoms with Crippen molar-refractivity contribution >= 4 is 34.7 Å². The van der Waals surface area contributed by atoms with Crippen molar-refractivity contribution < 1.29 is 4.92 Å². The Balaban J connectivity index is 1.95. The van der Waals surface area contributed by atoms with Crippen molar-refractivity contribution in [2.75, 3.05) is 11.1 Å². The third kappa shape index (κ3) is 2.99. The molecule has 0 radical (unpaired) electrons. The maximum Gasteiger partial charge on any atom is 0.292 e. The number of fused-ring (bicyclic) bond motifs is 1. The van der Waals surface area contributed by atoms with Gasteiger partial charge in [-0.15, -0.1) is 0 Å². The SMILES string of the molecule is O=[N+]([O-])c1ccc(Cl)cc1NC1CSCc2ccccc21. The number of halogens is 1. The number of hydrogen-bond acceptors (Lipinski definition) is 4. The van der Waals surface area contributed by atoms with Gasteiger partial charge in [0.05, 0.1) is 11.0 Å². The van der Waals surface area contributed by atoms with Crippen LogP contribution in [-0.4, -0.2) is 10.7 Å². The van der Waals surface area contributed by atoms with Crippen LogP contribution >= 0.6 is 23.4 Å². The van der Waals surface area contributed by atoms with Crippen molar-refractivity contribution in [2.45, 2.75) is 11.8 Å². The Labute approximate surface area is 131 Å². The third-order valence-electron chi connectivity index (χ3n) is 3.46. The van der Waals surface area contributed by atoms with E-state index in [4.69, 9.17) is 11.6 Å². The van der Waals surface area contributed by atoms with Gasteiger partial charge < -0.3 is 5.32 Å². The van der Waals surface area contributed by atoms with Crippen LogP contribution in [0.3, 0.4) is 0 Å². The van der Waals surface area contributed by atoms with Crippen molar-refractivity contribution in [3.8, 4) is 0 Å². The van der Waals surface area contributed by atoms with Gasteiger partial charge in [0.25, 0.3) is 5.69 Å². The predicted octanol–water partition coefficient (Wildman–Crippen LogP) is 4.65. The minimum Gasteiger partial charge on any atom is -0.372 e. The first-order chi connectivity index (χ1) is 10.1. The average molecular weight is 321 g/mol. The van der Waals surface area contributed by atoms with Crippen LogP contribution in [0.15, 0.2) is 42.5 Å². The molecule has 2 aromatic carbocycles. The Kier molecular flexibility index (Phi) is 4.03. The summed E-state index contributed by atoms with van der Waals surface area (Å²) >= 11 is 7.79. The number of nitro benzene ring substituents is 1. The van der Waals surface area contributed by atoms with Crippen molar-refractivity contribution in [3.63, 3.8) is 0 Å². The van der Waals surface area contributed by atoms with E-state index in [9.17, 15) is 10.1 Å². The molecule has 4 nitrogen and oxygen atoms in total. The molecular formula is C15H13ClN2O2S. The van der Waals surface area contributed by atoms with Crippen LogP contribution in [-0.2, 0) is 5.75 Å². The van der Waals surface area contributed by atoms with Gasteiger partial charge in [0.1, 0.15) is 5.69 Å². The molecule has 0 aromatic heterocycles. The molecule has 0 bridgehead atoms. The molecule has 0 spiro atoms. The summed E-state index contributed by atoms with van der Waals surface area (Å²) in [5, 5.41) is 14.9. The van der Waals surface area contributed by atoms with Gasteiger partial charge in [-0.2, -0.15) is 11.8 Å². The molecule has 1 N–H and O–H groups in total. The van der Waals surface area contributed by atoms with Crippen LogP contribution in [0.2, 0.25) is 5.02 Å². The molecule has 1 aliphatic rings. The lowest BCUT2D eigenvalue weighted by Gasteiger charge is -2.26.